The van der Waals surface area contributed by atoms with Crippen LogP contribution in [-0.4, -0.2) is 38.2 Å². The van der Waals surface area contributed by atoms with Crippen molar-refractivity contribution in [1.29, 1.82) is 0 Å². The van der Waals surface area contributed by atoms with Crippen molar-refractivity contribution >= 4 is 16.9 Å². The number of carbonyl (C=O) groups excluding carboxylic acids is 1. The smallest absolute Gasteiger partial charge is 0.333 e. The Bertz CT molecular complexity index is 1380. The van der Waals surface area contributed by atoms with E-state index in [4.69, 9.17) is 4.74 Å². The maximum absolute atomic E-state index is 13.4. The van der Waals surface area contributed by atoms with Gasteiger partial charge in [0.05, 0.1) is 26.0 Å². The fraction of sp³-hybridized carbons (Fsp3) is 0.280. The first-order chi connectivity index (χ1) is 16.0. The molecule has 33 heavy (non-hydrogen) atoms. The summed E-state index contributed by atoms with van der Waals surface area (Å²) in [6.45, 7) is 2.71. The molecule has 2 heterocycles. The highest BCUT2D eigenvalue weighted by molar-refractivity contribution is 5.96. The van der Waals surface area contributed by atoms with Gasteiger partial charge >= 0.3 is 5.69 Å². The number of fused-ring (bicyclic) bond motifs is 1. The topological polar surface area (TPSA) is 88.1 Å². The number of aromatic nitrogens is 4. The molecule has 0 unspecified atom stereocenters. The van der Waals surface area contributed by atoms with E-state index in [9.17, 15) is 14.4 Å². The molecular formula is C25H26N4O4. The van der Waals surface area contributed by atoms with Crippen molar-refractivity contribution < 1.29 is 9.53 Å². The number of benzene rings is 2. The zero-order valence-electron chi connectivity index (χ0n) is 18.7. The van der Waals surface area contributed by atoms with E-state index < -0.39 is 11.2 Å². The van der Waals surface area contributed by atoms with Gasteiger partial charge in [-0.2, -0.15) is 0 Å². The monoisotopic (exact) mass is 446 g/mol. The van der Waals surface area contributed by atoms with Crippen LogP contribution >= 0.6 is 0 Å². The zero-order chi connectivity index (χ0) is 23.4. The van der Waals surface area contributed by atoms with Crippen LogP contribution in [0.2, 0.25) is 0 Å². The third kappa shape index (κ3) is 4.56. The number of imidazole rings is 1. The highest BCUT2D eigenvalue weighted by Crippen LogP contribution is 2.11. The molecular weight excluding hydrogens is 420 g/mol. The summed E-state index contributed by atoms with van der Waals surface area (Å²) in [6.07, 6.45) is 2.39. The molecule has 0 aliphatic carbocycles. The number of nitrogens with zero attached hydrogens (tertiary/aromatic N) is 4. The van der Waals surface area contributed by atoms with E-state index in [2.05, 4.69) is 4.98 Å². The summed E-state index contributed by atoms with van der Waals surface area (Å²) < 4.78 is 9.26. The number of aryl methyl sites for hydroxylation is 1. The van der Waals surface area contributed by atoms with Crippen LogP contribution in [0.4, 0.5) is 0 Å². The molecule has 0 N–H and O–H groups in total. The predicted molar refractivity (Wildman–Crippen MR) is 126 cm³/mol. The number of carbonyl (C=O) groups is 1. The maximum Gasteiger partial charge on any atom is 0.333 e. The Kier molecular flexibility index (Phi) is 6.65. The van der Waals surface area contributed by atoms with Gasteiger partial charge < -0.3 is 9.30 Å². The lowest BCUT2D eigenvalue weighted by Crippen LogP contribution is -2.42. The van der Waals surface area contributed by atoms with Gasteiger partial charge in [-0.05, 0) is 17.5 Å². The SMILES string of the molecule is CCc1ccc(C(=O)Cn2c(=O)c3c(ncn3CCOC)n(Cc3ccccc3)c2=O)cc1. The van der Waals surface area contributed by atoms with Crippen molar-refractivity contribution in [3.05, 3.63) is 98.5 Å². The Morgan fingerprint density at radius 3 is 2.36 bits per heavy atom. The summed E-state index contributed by atoms with van der Waals surface area (Å²) in [4.78, 5) is 44.1. The molecule has 0 amide bonds. The second-order valence-electron chi connectivity index (χ2n) is 7.82. The predicted octanol–water partition coefficient (Wildman–Crippen LogP) is 2.50. The largest absolute Gasteiger partial charge is 0.383 e. The van der Waals surface area contributed by atoms with Gasteiger partial charge in [0.15, 0.2) is 16.9 Å². The number of ketones is 1. The van der Waals surface area contributed by atoms with Gasteiger partial charge in [-0.25, -0.2) is 9.78 Å². The Morgan fingerprint density at radius 2 is 1.70 bits per heavy atom. The molecule has 4 aromatic rings. The molecule has 0 saturated carbocycles. The van der Waals surface area contributed by atoms with Gasteiger partial charge in [-0.1, -0.05) is 61.5 Å². The summed E-state index contributed by atoms with van der Waals surface area (Å²) >= 11 is 0. The molecule has 170 valence electrons. The minimum absolute atomic E-state index is 0.233. The standard InChI is InChI=1S/C25H26N4O4/c1-3-18-9-11-20(12-10-18)21(30)16-29-24(31)22-23(26-17-27(22)13-14-33-2)28(25(29)32)15-19-7-5-4-6-8-19/h4-12,17H,3,13-16H2,1-2H3. The summed E-state index contributed by atoms with van der Waals surface area (Å²) in [5.41, 5.74) is 1.92. The fourth-order valence-electron chi connectivity index (χ4n) is 3.81. The van der Waals surface area contributed by atoms with Crippen LogP contribution in [0.5, 0.6) is 0 Å². The van der Waals surface area contributed by atoms with Crippen molar-refractivity contribution in [2.75, 3.05) is 13.7 Å². The van der Waals surface area contributed by atoms with Gasteiger partial charge in [0.25, 0.3) is 5.56 Å². The number of ether oxygens (including phenoxy) is 1. The minimum atomic E-state index is -0.563. The molecule has 4 rings (SSSR count). The number of rotatable bonds is 9. The highest BCUT2D eigenvalue weighted by atomic mass is 16.5. The van der Waals surface area contributed by atoms with Crippen LogP contribution in [-0.2, 0) is 30.8 Å². The van der Waals surface area contributed by atoms with E-state index in [0.29, 0.717) is 24.4 Å². The van der Waals surface area contributed by atoms with E-state index in [-0.39, 0.29) is 24.4 Å². The lowest BCUT2D eigenvalue weighted by atomic mass is 10.1. The number of Topliss-reactive ketones (excluding diaryl/α,β-unsaturated/α-hetero) is 1. The number of methoxy groups -OCH3 is 1. The molecule has 0 atom stereocenters. The summed E-state index contributed by atoms with van der Waals surface area (Å²) in [6, 6.07) is 16.7. The van der Waals surface area contributed by atoms with Crippen molar-refractivity contribution in [3.8, 4) is 0 Å². The van der Waals surface area contributed by atoms with Gasteiger partial charge in [0, 0.05) is 19.2 Å². The summed E-state index contributed by atoms with van der Waals surface area (Å²) in [7, 11) is 1.57. The quantitative estimate of drug-likeness (QED) is 0.369. The first-order valence-corrected chi connectivity index (χ1v) is 10.9. The lowest BCUT2D eigenvalue weighted by molar-refractivity contribution is 0.0968. The Morgan fingerprint density at radius 1 is 0.970 bits per heavy atom. The number of hydrogen-bond acceptors (Lipinski definition) is 5. The van der Waals surface area contributed by atoms with Crippen molar-refractivity contribution in [1.82, 2.24) is 18.7 Å². The molecule has 8 heteroatoms. The van der Waals surface area contributed by atoms with E-state index in [1.54, 1.807) is 23.8 Å². The lowest BCUT2D eigenvalue weighted by Gasteiger charge is -2.13. The third-order valence-electron chi connectivity index (χ3n) is 5.69. The van der Waals surface area contributed by atoms with Crippen LogP contribution in [0.25, 0.3) is 11.2 Å². The molecule has 0 radical (unpaired) electrons. The van der Waals surface area contributed by atoms with Crippen molar-refractivity contribution in [2.24, 2.45) is 0 Å². The zero-order valence-corrected chi connectivity index (χ0v) is 18.7. The average Bonchev–Trinajstić information content (AvgIpc) is 3.27. The molecule has 0 aliphatic heterocycles. The molecule has 0 saturated heterocycles. The van der Waals surface area contributed by atoms with Crippen molar-refractivity contribution in [3.63, 3.8) is 0 Å². The fourth-order valence-corrected chi connectivity index (χ4v) is 3.81. The van der Waals surface area contributed by atoms with Crippen LogP contribution in [0.3, 0.4) is 0 Å². The molecule has 2 aromatic carbocycles. The second-order valence-corrected chi connectivity index (χ2v) is 7.82. The Hall–Kier alpha value is -3.78. The van der Waals surface area contributed by atoms with E-state index in [1.807, 2.05) is 49.4 Å². The normalized spacial score (nSPS) is 11.2. The number of hydrogen-bond donors (Lipinski definition) is 0. The second kappa shape index (κ2) is 9.79. The van der Waals surface area contributed by atoms with Gasteiger partial charge in [-0.3, -0.25) is 18.7 Å². The van der Waals surface area contributed by atoms with Gasteiger partial charge in [0.1, 0.15) is 0 Å². The molecule has 0 bridgehead atoms. The molecule has 8 nitrogen and oxygen atoms in total. The highest BCUT2D eigenvalue weighted by Gasteiger charge is 2.20. The molecule has 0 aliphatic rings. The van der Waals surface area contributed by atoms with Gasteiger partial charge in [-0.15, -0.1) is 0 Å². The first-order valence-electron chi connectivity index (χ1n) is 10.9. The summed E-state index contributed by atoms with van der Waals surface area (Å²) in [5, 5.41) is 0. The molecule has 0 spiro atoms. The third-order valence-corrected chi connectivity index (χ3v) is 5.69. The van der Waals surface area contributed by atoms with E-state index in [0.717, 1.165) is 22.1 Å². The molecule has 2 aromatic heterocycles. The Labute approximate surface area is 190 Å². The maximum atomic E-state index is 13.4. The van der Waals surface area contributed by atoms with Crippen LogP contribution in [0.15, 0.2) is 70.5 Å². The van der Waals surface area contributed by atoms with Gasteiger partial charge in [0.2, 0.25) is 0 Å². The first kappa shape index (κ1) is 22.4. The van der Waals surface area contributed by atoms with Crippen LogP contribution in [0.1, 0.15) is 28.4 Å². The van der Waals surface area contributed by atoms with Crippen LogP contribution in [0, 0.1) is 0 Å². The van der Waals surface area contributed by atoms with Crippen LogP contribution < -0.4 is 11.2 Å². The van der Waals surface area contributed by atoms with Crippen molar-refractivity contribution in [2.45, 2.75) is 33.0 Å². The Balaban J connectivity index is 1.82. The minimum Gasteiger partial charge on any atom is -0.383 e. The summed E-state index contributed by atoms with van der Waals surface area (Å²) in [5.74, 6) is -0.301. The van der Waals surface area contributed by atoms with E-state index >= 15 is 0 Å². The average molecular weight is 447 g/mol. The molecule has 0 fully saturated rings. The van der Waals surface area contributed by atoms with E-state index in [1.165, 1.54) is 10.9 Å².